The average Bonchev–Trinajstić information content (AvgIpc) is 2.77. The molecule has 2 aliphatic carbocycles. The van der Waals surface area contributed by atoms with Crippen LogP contribution in [-0.2, 0) is 0 Å². The first kappa shape index (κ1) is 11.2. The number of rotatable bonds is 2. The molecule has 3 atom stereocenters. The molecule has 0 amide bonds. The minimum Gasteiger partial charge on any atom is -0.324 e. The number of hydrogen-bond acceptors (Lipinski definition) is 1. The van der Waals surface area contributed by atoms with Crippen molar-refractivity contribution in [2.45, 2.75) is 39.2 Å². The molecule has 0 spiro atoms. The molecule has 3 rings (SSSR count). The summed E-state index contributed by atoms with van der Waals surface area (Å²) >= 11 is 0. The Morgan fingerprint density at radius 1 is 1.18 bits per heavy atom. The molecule has 2 N–H and O–H groups in total. The van der Waals surface area contributed by atoms with Gasteiger partial charge in [-0.05, 0) is 61.1 Å². The van der Waals surface area contributed by atoms with Crippen molar-refractivity contribution in [3.8, 4) is 0 Å². The smallest absolute Gasteiger partial charge is 0.129 e. The number of hydrogen-bond donors (Lipinski definition) is 1. The van der Waals surface area contributed by atoms with Crippen molar-refractivity contribution in [1.82, 2.24) is 0 Å². The van der Waals surface area contributed by atoms with Gasteiger partial charge in [-0.1, -0.05) is 18.6 Å². The molecule has 1 nitrogen and oxygen atoms in total. The van der Waals surface area contributed by atoms with Crippen molar-refractivity contribution >= 4 is 0 Å². The van der Waals surface area contributed by atoms with Crippen LogP contribution in [0.2, 0.25) is 0 Å². The molecule has 0 aliphatic heterocycles. The van der Waals surface area contributed by atoms with Crippen LogP contribution in [0.5, 0.6) is 0 Å². The molecule has 2 aliphatic rings. The summed E-state index contributed by atoms with van der Waals surface area (Å²) in [4.78, 5) is 0. The second-order valence-corrected chi connectivity index (χ2v) is 5.83. The van der Waals surface area contributed by atoms with E-state index in [-0.39, 0.29) is 11.9 Å². The van der Waals surface area contributed by atoms with Crippen LogP contribution in [0.4, 0.5) is 4.39 Å². The van der Waals surface area contributed by atoms with Crippen molar-refractivity contribution in [1.29, 1.82) is 0 Å². The number of benzene rings is 1. The van der Waals surface area contributed by atoms with E-state index in [1.54, 1.807) is 0 Å². The highest BCUT2D eigenvalue weighted by molar-refractivity contribution is 5.33. The molecule has 0 saturated heterocycles. The molecule has 2 heteroatoms. The van der Waals surface area contributed by atoms with Gasteiger partial charge in [0.25, 0.3) is 0 Å². The normalized spacial score (nSPS) is 32.4. The van der Waals surface area contributed by atoms with Gasteiger partial charge in [-0.3, -0.25) is 0 Å². The standard InChI is InChI=1S/C15H20FN/c1-8-6-10(7-9(2)14(8)16)15(17)13-11-4-3-5-12(11)13/h6-7,11-13,15H,3-5,17H2,1-2H3. The van der Waals surface area contributed by atoms with Gasteiger partial charge in [0, 0.05) is 6.04 Å². The summed E-state index contributed by atoms with van der Waals surface area (Å²) in [5.74, 6) is 2.29. The summed E-state index contributed by atoms with van der Waals surface area (Å²) in [6.07, 6.45) is 4.07. The zero-order valence-corrected chi connectivity index (χ0v) is 10.5. The summed E-state index contributed by atoms with van der Waals surface area (Å²) in [7, 11) is 0. The number of nitrogens with two attached hydrogens (primary N) is 1. The van der Waals surface area contributed by atoms with E-state index in [4.69, 9.17) is 5.73 Å². The Morgan fingerprint density at radius 2 is 1.71 bits per heavy atom. The van der Waals surface area contributed by atoms with Gasteiger partial charge in [0.1, 0.15) is 5.82 Å². The maximum Gasteiger partial charge on any atom is 0.129 e. The number of aryl methyl sites for hydroxylation is 2. The molecule has 1 aromatic carbocycles. The van der Waals surface area contributed by atoms with Gasteiger partial charge in [0.2, 0.25) is 0 Å². The first-order chi connectivity index (χ1) is 8.09. The van der Waals surface area contributed by atoms with E-state index < -0.39 is 0 Å². The first-order valence-electron chi connectivity index (χ1n) is 6.62. The third-order valence-electron chi connectivity index (χ3n) is 4.73. The van der Waals surface area contributed by atoms with E-state index in [1.165, 1.54) is 19.3 Å². The number of halogens is 1. The van der Waals surface area contributed by atoms with Crippen molar-refractivity contribution in [3.05, 3.63) is 34.6 Å². The molecule has 92 valence electrons. The molecule has 1 aromatic rings. The highest BCUT2D eigenvalue weighted by atomic mass is 19.1. The summed E-state index contributed by atoms with van der Waals surface area (Å²) in [5, 5.41) is 0. The lowest BCUT2D eigenvalue weighted by atomic mass is 9.95. The van der Waals surface area contributed by atoms with E-state index in [9.17, 15) is 4.39 Å². The van der Waals surface area contributed by atoms with Crippen LogP contribution < -0.4 is 5.73 Å². The van der Waals surface area contributed by atoms with Gasteiger partial charge in [-0.25, -0.2) is 4.39 Å². The maximum atomic E-state index is 13.6. The second kappa shape index (κ2) is 3.81. The number of fused-ring (bicyclic) bond motifs is 1. The monoisotopic (exact) mass is 233 g/mol. The van der Waals surface area contributed by atoms with Crippen molar-refractivity contribution < 1.29 is 4.39 Å². The maximum absolute atomic E-state index is 13.6. The Labute approximate surface area is 102 Å². The highest BCUT2D eigenvalue weighted by Gasteiger charge is 2.55. The molecule has 0 aromatic heterocycles. The van der Waals surface area contributed by atoms with Gasteiger partial charge < -0.3 is 5.73 Å². The van der Waals surface area contributed by atoms with Crippen LogP contribution in [0.15, 0.2) is 12.1 Å². The molecule has 0 heterocycles. The van der Waals surface area contributed by atoms with Crippen LogP contribution >= 0.6 is 0 Å². The summed E-state index contributed by atoms with van der Waals surface area (Å²) < 4.78 is 13.6. The fourth-order valence-electron chi connectivity index (χ4n) is 3.80. The molecule has 17 heavy (non-hydrogen) atoms. The van der Waals surface area contributed by atoms with Gasteiger partial charge >= 0.3 is 0 Å². The van der Waals surface area contributed by atoms with Crippen LogP contribution in [0, 0.1) is 37.4 Å². The van der Waals surface area contributed by atoms with Gasteiger partial charge in [0.15, 0.2) is 0 Å². The molecule has 2 saturated carbocycles. The van der Waals surface area contributed by atoms with Gasteiger partial charge in [-0.15, -0.1) is 0 Å². The van der Waals surface area contributed by atoms with E-state index >= 15 is 0 Å². The fourth-order valence-corrected chi connectivity index (χ4v) is 3.80. The van der Waals surface area contributed by atoms with E-state index in [0.717, 1.165) is 28.5 Å². The Balaban J connectivity index is 1.85. The van der Waals surface area contributed by atoms with E-state index in [0.29, 0.717) is 5.92 Å². The zero-order chi connectivity index (χ0) is 12.2. The third-order valence-corrected chi connectivity index (χ3v) is 4.73. The lowest BCUT2D eigenvalue weighted by Gasteiger charge is -2.16. The Bertz CT molecular complexity index is 421. The topological polar surface area (TPSA) is 26.0 Å². The minimum absolute atomic E-state index is 0.0862. The second-order valence-electron chi connectivity index (χ2n) is 5.83. The van der Waals surface area contributed by atoms with Crippen LogP contribution in [0.1, 0.15) is 42.0 Å². The molecule has 2 fully saturated rings. The quantitative estimate of drug-likeness (QED) is 0.831. The average molecular weight is 233 g/mol. The van der Waals surface area contributed by atoms with Crippen molar-refractivity contribution in [2.24, 2.45) is 23.5 Å². The first-order valence-corrected chi connectivity index (χ1v) is 6.62. The highest BCUT2D eigenvalue weighted by Crippen LogP contribution is 2.61. The Morgan fingerprint density at radius 3 is 2.24 bits per heavy atom. The SMILES string of the molecule is Cc1cc(C(N)C2C3CCCC32)cc(C)c1F. The largest absolute Gasteiger partial charge is 0.324 e. The predicted molar refractivity (Wildman–Crippen MR) is 67.1 cm³/mol. The van der Waals surface area contributed by atoms with Crippen molar-refractivity contribution in [2.75, 3.05) is 0 Å². The molecule has 0 radical (unpaired) electrons. The van der Waals surface area contributed by atoms with Gasteiger partial charge in [-0.2, -0.15) is 0 Å². The third kappa shape index (κ3) is 1.70. The summed E-state index contributed by atoms with van der Waals surface area (Å²) in [6.45, 7) is 3.65. The lowest BCUT2D eigenvalue weighted by Crippen LogP contribution is -2.16. The fraction of sp³-hybridized carbons (Fsp3) is 0.600. The predicted octanol–water partition coefficient (Wildman–Crippen LogP) is 3.49. The molecule has 3 unspecified atom stereocenters. The van der Waals surface area contributed by atoms with Gasteiger partial charge in [0.05, 0.1) is 0 Å². The van der Waals surface area contributed by atoms with Crippen LogP contribution in [0.25, 0.3) is 0 Å². The van der Waals surface area contributed by atoms with Crippen LogP contribution in [0.3, 0.4) is 0 Å². The van der Waals surface area contributed by atoms with Crippen LogP contribution in [-0.4, -0.2) is 0 Å². The molecular formula is C15H20FN. The Kier molecular flexibility index (Phi) is 2.51. The van der Waals surface area contributed by atoms with E-state index in [2.05, 4.69) is 0 Å². The van der Waals surface area contributed by atoms with Crippen molar-refractivity contribution in [3.63, 3.8) is 0 Å². The zero-order valence-electron chi connectivity index (χ0n) is 10.5. The Hall–Kier alpha value is -0.890. The molecular weight excluding hydrogens is 213 g/mol. The lowest BCUT2D eigenvalue weighted by molar-refractivity contribution is 0.500. The summed E-state index contributed by atoms with van der Waals surface area (Å²) in [6, 6.07) is 3.98. The van der Waals surface area contributed by atoms with E-state index in [1.807, 2.05) is 26.0 Å². The minimum atomic E-state index is -0.0862. The molecule has 0 bridgehead atoms. The summed E-state index contributed by atoms with van der Waals surface area (Å²) in [5.41, 5.74) is 8.93.